The molecule has 2 unspecified atom stereocenters. The van der Waals surface area contributed by atoms with Gasteiger partial charge < -0.3 is 5.73 Å². The molecule has 2 fully saturated rings. The first kappa shape index (κ1) is 11.4. The van der Waals surface area contributed by atoms with Gasteiger partial charge in [0.05, 0.1) is 0 Å². The third-order valence-corrected chi connectivity index (χ3v) is 4.94. The van der Waals surface area contributed by atoms with Crippen LogP contribution in [-0.2, 0) is 0 Å². The average Bonchev–Trinajstić information content (AvgIpc) is 2.20. The molecule has 2 rings (SSSR count). The van der Waals surface area contributed by atoms with Crippen LogP contribution in [0.3, 0.4) is 0 Å². The van der Waals surface area contributed by atoms with E-state index in [9.17, 15) is 0 Å². The summed E-state index contributed by atoms with van der Waals surface area (Å²) in [5.74, 6) is 3.90. The minimum Gasteiger partial charge on any atom is -0.328 e. The van der Waals surface area contributed by atoms with E-state index >= 15 is 0 Å². The van der Waals surface area contributed by atoms with E-state index in [0.717, 1.165) is 23.7 Å². The molecule has 0 bridgehead atoms. The van der Waals surface area contributed by atoms with Crippen LogP contribution in [0.4, 0.5) is 0 Å². The van der Waals surface area contributed by atoms with Gasteiger partial charge in [0.1, 0.15) is 0 Å². The summed E-state index contributed by atoms with van der Waals surface area (Å²) >= 11 is 0. The first-order valence-electron chi connectivity index (χ1n) is 6.92. The quantitative estimate of drug-likeness (QED) is 0.702. The van der Waals surface area contributed by atoms with E-state index in [-0.39, 0.29) is 0 Å². The molecule has 0 spiro atoms. The van der Waals surface area contributed by atoms with Crippen LogP contribution in [-0.4, -0.2) is 6.04 Å². The molecule has 88 valence electrons. The highest BCUT2D eigenvalue weighted by atomic mass is 14.6. The third-order valence-electron chi connectivity index (χ3n) is 4.94. The molecule has 2 N–H and O–H groups in total. The molecule has 0 amide bonds. The third kappa shape index (κ3) is 2.75. The molecule has 0 saturated heterocycles. The maximum Gasteiger partial charge on any atom is 0.00415 e. The summed E-state index contributed by atoms with van der Waals surface area (Å²) in [6.07, 6.45) is 9.88. The summed E-state index contributed by atoms with van der Waals surface area (Å²) < 4.78 is 0. The zero-order chi connectivity index (χ0) is 10.8. The van der Waals surface area contributed by atoms with Gasteiger partial charge in [-0.2, -0.15) is 0 Å². The summed E-state index contributed by atoms with van der Waals surface area (Å²) in [5, 5.41) is 0. The van der Waals surface area contributed by atoms with Crippen LogP contribution >= 0.6 is 0 Å². The Hall–Kier alpha value is -0.0400. The highest BCUT2D eigenvalue weighted by molar-refractivity contribution is 4.85. The van der Waals surface area contributed by atoms with Crippen molar-refractivity contribution in [3.8, 4) is 0 Å². The van der Waals surface area contributed by atoms with E-state index in [1.807, 2.05) is 0 Å². The first-order chi connectivity index (χ1) is 7.16. The molecule has 3 atom stereocenters. The number of rotatable bonds is 1. The highest BCUT2D eigenvalue weighted by Gasteiger charge is 2.33. The summed E-state index contributed by atoms with van der Waals surface area (Å²) in [6.45, 7) is 4.85. The van der Waals surface area contributed by atoms with Crippen LogP contribution in [0.1, 0.15) is 58.8 Å². The fourth-order valence-corrected chi connectivity index (χ4v) is 3.88. The van der Waals surface area contributed by atoms with Crippen LogP contribution in [0.5, 0.6) is 0 Å². The first-order valence-corrected chi connectivity index (χ1v) is 6.92. The van der Waals surface area contributed by atoms with Crippen molar-refractivity contribution < 1.29 is 0 Å². The summed E-state index contributed by atoms with van der Waals surface area (Å²) in [5.41, 5.74) is 6.04. The Morgan fingerprint density at radius 3 is 2.13 bits per heavy atom. The maximum atomic E-state index is 6.04. The molecule has 0 heterocycles. The lowest BCUT2D eigenvalue weighted by Gasteiger charge is -2.40. The number of hydrogen-bond donors (Lipinski definition) is 1. The Morgan fingerprint density at radius 1 is 0.867 bits per heavy atom. The Balaban J connectivity index is 1.87. The van der Waals surface area contributed by atoms with Gasteiger partial charge in [0.25, 0.3) is 0 Å². The highest BCUT2D eigenvalue weighted by Crippen LogP contribution is 2.42. The molecule has 0 radical (unpaired) electrons. The van der Waals surface area contributed by atoms with Gasteiger partial charge in [0.2, 0.25) is 0 Å². The number of hydrogen-bond acceptors (Lipinski definition) is 1. The molecule has 0 aromatic carbocycles. The van der Waals surface area contributed by atoms with E-state index in [1.54, 1.807) is 0 Å². The van der Waals surface area contributed by atoms with E-state index in [4.69, 9.17) is 5.73 Å². The van der Waals surface area contributed by atoms with Gasteiger partial charge in [-0.05, 0) is 55.8 Å². The van der Waals surface area contributed by atoms with E-state index in [1.165, 1.54) is 44.9 Å². The molecule has 15 heavy (non-hydrogen) atoms. The van der Waals surface area contributed by atoms with Crippen LogP contribution in [0.15, 0.2) is 0 Å². The Morgan fingerprint density at radius 2 is 1.53 bits per heavy atom. The summed E-state index contributed by atoms with van der Waals surface area (Å²) in [7, 11) is 0. The lowest BCUT2D eigenvalue weighted by atomic mass is 9.66. The number of nitrogens with two attached hydrogens (primary N) is 1. The second kappa shape index (κ2) is 4.86. The van der Waals surface area contributed by atoms with Crippen molar-refractivity contribution in [2.75, 3.05) is 0 Å². The average molecular weight is 209 g/mol. The molecule has 0 aliphatic heterocycles. The van der Waals surface area contributed by atoms with E-state index in [2.05, 4.69) is 13.8 Å². The molecule has 2 aliphatic rings. The topological polar surface area (TPSA) is 26.0 Å². The van der Waals surface area contributed by atoms with Gasteiger partial charge in [-0.15, -0.1) is 0 Å². The monoisotopic (exact) mass is 209 g/mol. The van der Waals surface area contributed by atoms with Gasteiger partial charge in [-0.3, -0.25) is 0 Å². The normalized spacial score (nSPS) is 47.8. The zero-order valence-corrected chi connectivity index (χ0v) is 10.4. The Bertz CT molecular complexity index is 194. The standard InChI is InChI=1S/C14H27N/c1-10-3-5-12(6-4-10)14-8-7-13(15)9-11(14)2/h10-14H,3-9,15H2,1-2H3/t10?,11-,12?,13?,14?/m0/s1. The van der Waals surface area contributed by atoms with Crippen LogP contribution in [0.2, 0.25) is 0 Å². The SMILES string of the molecule is CC1CCC(C2CCC(N)C[C@@H]2C)CC1. The minimum absolute atomic E-state index is 0.499. The molecular weight excluding hydrogens is 182 g/mol. The second-order valence-electron chi connectivity index (χ2n) is 6.23. The van der Waals surface area contributed by atoms with Crippen LogP contribution in [0.25, 0.3) is 0 Å². The van der Waals surface area contributed by atoms with Crippen molar-refractivity contribution in [3.05, 3.63) is 0 Å². The second-order valence-corrected chi connectivity index (χ2v) is 6.23. The lowest BCUT2D eigenvalue weighted by molar-refractivity contribution is 0.117. The van der Waals surface area contributed by atoms with Gasteiger partial charge in [-0.25, -0.2) is 0 Å². The molecule has 2 saturated carbocycles. The van der Waals surface area contributed by atoms with Gasteiger partial charge in [0, 0.05) is 6.04 Å². The van der Waals surface area contributed by atoms with Crippen molar-refractivity contribution in [1.29, 1.82) is 0 Å². The molecule has 0 aromatic heterocycles. The van der Waals surface area contributed by atoms with Crippen molar-refractivity contribution >= 4 is 0 Å². The fraction of sp³-hybridized carbons (Fsp3) is 1.00. The van der Waals surface area contributed by atoms with Crippen LogP contribution < -0.4 is 5.73 Å². The van der Waals surface area contributed by atoms with Gasteiger partial charge >= 0.3 is 0 Å². The lowest BCUT2D eigenvalue weighted by Crippen LogP contribution is -2.36. The Kier molecular flexibility index (Phi) is 3.71. The smallest absolute Gasteiger partial charge is 0.00415 e. The molecule has 1 nitrogen and oxygen atoms in total. The molecule has 1 heteroatoms. The van der Waals surface area contributed by atoms with Gasteiger partial charge in [-0.1, -0.05) is 26.7 Å². The summed E-state index contributed by atoms with van der Waals surface area (Å²) in [4.78, 5) is 0. The van der Waals surface area contributed by atoms with Crippen LogP contribution in [0, 0.1) is 23.7 Å². The van der Waals surface area contributed by atoms with Gasteiger partial charge in [0.15, 0.2) is 0 Å². The summed E-state index contributed by atoms with van der Waals surface area (Å²) in [6, 6.07) is 0.499. The predicted molar refractivity (Wildman–Crippen MR) is 65.6 cm³/mol. The largest absolute Gasteiger partial charge is 0.328 e. The van der Waals surface area contributed by atoms with Crippen molar-refractivity contribution in [3.63, 3.8) is 0 Å². The van der Waals surface area contributed by atoms with E-state index < -0.39 is 0 Å². The molecule has 0 aromatic rings. The van der Waals surface area contributed by atoms with Crippen molar-refractivity contribution in [2.45, 2.75) is 64.8 Å². The Labute approximate surface area is 94.8 Å². The van der Waals surface area contributed by atoms with E-state index in [0.29, 0.717) is 6.04 Å². The fourth-order valence-electron chi connectivity index (χ4n) is 3.88. The molecular formula is C14H27N. The zero-order valence-electron chi connectivity index (χ0n) is 10.4. The maximum absolute atomic E-state index is 6.04. The van der Waals surface area contributed by atoms with Crippen molar-refractivity contribution in [1.82, 2.24) is 0 Å². The predicted octanol–water partition coefficient (Wildman–Crippen LogP) is 3.58. The van der Waals surface area contributed by atoms with Crippen molar-refractivity contribution in [2.24, 2.45) is 29.4 Å². The molecule has 2 aliphatic carbocycles. The minimum atomic E-state index is 0.499.